The minimum Gasteiger partial charge on any atom is -0.241 e. The van der Waals surface area contributed by atoms with E-state index < -0.39 is 10.0 Å². The molecule has 0 aliphatic rings. The summed E-state index contributed by atoms with van der Waals surface area (Å²) in [5, 5.41) is 0.599. The van der Waals surface area contributed by atoms with Crippen molar-refractivity contribution < 1.29 is 8.42 Å². The van der Waals surface area contributed by atoms with Gasteiger partial charge in [-0.05, 0) is 30.7 Å². The molecule has 3 rings (SSSR count). The van der Waals surface area contributed by atoms with E-state index in [1.165, 1.54) is 3.97 Å². The highest BCUT2D eigenvalue weighted by Gasteiger charge is 2.21. The van der Waals surface area contributed by atoms with E-state index in [-0.39, 0.29) is 10.3 Å². The van der Waals surface area contributed by atoms with Crippen molar-refractivity contribution in [2.75, 3.05) is 0 Å². The third kappa shape index (κ3) is 2.34. The van der Waals surface area contributed by atoms with Crippen molar-refractivity contribution in [3.63, 3.8) is 0 Å². The molecule has 1 aromatic heterocycles. The van der Waals surface area contributed by atoms with Gasteiger partial charge in [-0.3, -0.25) is 0 Å². The Morgan fingerprint density at radius 3 is 2.29 bits per heavy atom. The van der Waals surface area contributed by atoms with E-state index in [1.807, 2.05) is 25.1 Å². The number of alkyl halides is 1. The highest BCUT2D eigenvalue weighted by molar-refractivity contribution is 7.90. The molecule has 2 aromatic carbocycles. The highest BCUT2D eigenvalue weighted by atomic mass is 35.5. The van der Waals surface area contributed by atoms with Crippen molar-refractivity contribution in [2.24, 2.45) is 0 Å². The summed E-state index contributed by atoms with van der Waals surface area (Å²) in [6, 6.07) is 15.8. The van der Waals surface area contributed by atoms with Crippen LogP contribution in [0.2, 0.25) is 0 Å². The van der Waals surface area contributed by atoms with Gasteiger partial charge in [0.2, 0.25) is 0 Å². The van der Waals surface area contributed by atoms with Gasteiger partial charge in [0.1, 0.15) is 0 Å². The van der Waals surface area contributed by atoms with E-state index in [1.54, 1.807) is 42.6 Å². The minimum atomic E-state index is -3.62. The van der Waals surface area contributed by atoms with E-state index in [0.29, 0.717) is 5.52 Å². The van der Waals surface area contributed by atoms with Gasteiger partial charge in [-0.25, -0.2) is 12.4 Å². The lowest BCUT2D eigenvalue weighted by molar-refractivity contribution is 0.589. The standard InChI is InChI=1S/C16H14ClNO2S/c1-12(17)15-11-18(16-10-6-5-9-14(15)16)21(19,20)13-7-3-2-4-8-13/h2-12H,1H3/t12-/m1/s1. The second-order valence-corrected chi connectivity index (χ2v) is 7.30. The normalized spacial score (nSPS) is 13.4. The Morgan fingerprint density at radius 1 is 1.00 bits per heavy atom. The molecule has 0 bridgehead atoms. The van der Waals surface area contributed by atoms with Crippen molar-refractivity contribution >= 4 is 32.5 Å². The molecule has 0 radical (unpaired) electrons. The molecule has 0 amide bonds. The van der Waals surface area contributed by atoms with E-state index in [0.717, 1.165) is 10.9 Å². The zero-order valence-corrected chi connectivity index (χ0v) is 13.0. The first kappa shape index (κ1) is 14.2. The molecule has 0 aliphatic heterocycles. The van der Waals surface area contributed by atoms with Gasteiger partial charge >= 0.3 is 0 Å². The van der Waals surface area contributed by atoms with Gasteiger partial charge in [0.05, 0.1) is 15.8 Å². The van der Waals surface area contributed by atoms with Crippen LogP contribution in [0.25, 0.3) is 10.9 Å². The predicted molar refractivity (Wildman–Crippen MR) is 85.2 cm³/mol. The van der Waals surface area contributed by atoms with Gasteiger partial charge in [-0.1, -0.05) is 36.4 Å². The van der Waals surface area contributed by atoms with E-state index in [2.05, 4.69) is 0 Å². The number of halogens is 1. The summed E-state index contributed by atoms with van der Waals surface area (Å²) in [7, 11) is -3.62. The van der Waals surface area contributed by atoms with Crippen LogP contribution in [0.15, 0.2) is 65.7 Å². The molecule has 0 spiro atoms. The number of aromatic nitrogens is 1. The molecule has 5 heteroatoms. The van der Waals surface area contributed by atoms with Crippen molar-refractivity contribution in [3.8, 4) is 0 Å². The van der Waals surface area contributed by atoms with Gasteiger partial charge in [0.25, 0.3) is 10.0 Å². The number of rotatable bonds is 3. The Labute approximate surface area is 128 Å². The molecular weight excluding hydrogens is 306 g/mol. The molecule has 1 atom stereocenters. The molecule has 108 valence electrons. The quantitative estimate of drug-likeness (QED) is 0.679. The molecule has 0 aliphatic carbocycles. The Hall–Kier alpha value is -1.78. The number of nitrogens with zero attached hydrogens (tertiary/aromatic N) is 1. The zero-order chi connectivity index (χ0) is 15.0. The van der Waals surface area contributed by atoms with E-state index >= 15 is 0 Å². The third-order valence-corrected chi connectivity index (χ3v) is 5.36. The van der Waals surface area contributed by atoms with Gasteiger partial charge < -0.3 is 0 Å². The van der Waals surface area contributed by atoms with Crippen LogP contribution in [-0.2, 0) is 10.0 Å². The van der Waals surface area contributed by atoms with Crippen LogP contribution in [0.5, 0.6) is 0 Å². The number of para-hydroxylation sites is 1. The second kappa shape index (κ2) is 5.20. The van der Waals surface area contributed by atoms with Crippen LogP contribution in [-0.4, -0.2) is 12.4 Å². The first-order valence-electron chi connectivity index (χ1n) is 6.56. The fourth-order valence-electron chi connectivity index (χ4n) is 2.40. The molecule has 0 unspecified atom stereocenters. The zero-order valence-electron chi connectivity index (χ0n) is 11.4. The van der Waals surface area contributed by atoms with Gasteiger partial charge in [-0.2, -0.15) is 0 Å². The number of fused-ring (bicyclic) bond motifs is 1. The van der Waals surface area contributed by atoms with Crippen LogP contribution in [0.1, 0.15) is 17.9 Å². The number of benzene rings is 2. The monoisotopic (exact) mass is 319 g/mol. The molecular formula is C16H14ClNO2S. The van der Waals surface area contributed by atoms with Crippen LogP contribution in [0, 0.1) is 0 Å². The lowest BCUT2D eigenvalue weighted by Crippen LogP contribution is -2.11. The van der Waals surface area contributed by atoms with E-state index in [9.17, 15) is 8.42 Å². The SMILES string of the molecule is C[C@@H](Cl)c1cn(S(=O)(=O)c2ccccc2)c2ccccc12. The van der Waals surface area contributed by atoms with Gasteiger partial charge in [0, 0.05) is 11.6 Å². The molecule has 0 N–H and O–H groups in total. The molecule has 21 heavy (non-hydrogen) atoms. The highest BCUT2D eigenvalue weighted by Crippen LogP contribution is 2.32. The maximum Gasteiger partial charge on any atom is 0.268 e. The Bertz CT molecular complexity index is 883. The van der Waals surface area contributed by atoms with Gasteiger partial charge in [-0.15, -0.1) is 11.6 Å². The number of hydrogen-bond donors (Lipinski definition) is 0. The van der Waals surface area contributed by atoms with Crippen LogP contribution in [0.3, 0.4) is 0 Å². The molecule has 1 heterocycles. The summed E-state index contributed by atoms with van der Waals surface area (Å²) in [5.74, 6) is 0. The van der Waals surface area contributed by atoms with Gasteiger partial charge in [0.15, 0.2) is 0 Å². The Balaban J connectivity index is 2.31. The summed E-state index contributed by atoms with van der Waals surface area (Å²) < 4.78 is 26.9. The minimum absolute atomic E-state index is 0.262. The molecule has 3 nitrogen and oxygen atoms in total. The Morgan fingerprint density at radius 2 is 1.62 bits per heavy atom. The fraction of sp³-hybridized carbons (Fsp3) is 0.125. The van der Waals surface area contributed by atoms with Crippen LogP contribution in [0.4, 0.5) is 0 Å². The summed E-state index contributed by atoms with van der Waals surface area (Å²) in [6.45, 7) is 1.84. The van der Waals surface area contributed by atoms with Crippen LogP contribution >= 0.6 is 11.6 Å². The van der Waals surface area contributed by atoms with E-state index in [4.69, 9.17) is 11.6 Å². The molecule has 0 saturated carbocycles. The lowest BCUT2D eigenvalue weighted by atomic mass is 10.1. The third-order valence-electron chi connectivity index (χ3n) is 3.44. The predicted octanol–water partition coefficient (Wildman–Crippen LogP) is 4.18. The molecule has 0 fully saturated rings. The number of hydrogen-bond acceptors (Lipinski definition) is 2. The van der Waals surface area contributed by atoms with Crippen molar-refractivity contribution in [3.05, 3.63) is 66.4 Å². The second-order valence-electron chi connectivity index (χ2n) is 4.83. The maximum absolute atomic E-state index is 12.8. The van der Waals surface area contributed by atoms with Crippen LogP contribution < -0.4 is 0 Å². The Kier molecular flexibility index (Phi) is 3.51. The average molecular weight is 320 g/mol. The van der Waals surface area contributed by atoms with Crippen molar-refractivity contribution in [1.29, 1.82) is 0 Å². The average Bonchev–Trinajstić information content (AvgIpc) is 2.88. The first-order chi connectivity index (χ1) is 10.0. The largest absolute Gasteiger partial charge is 0.268 e. The summed E-state index contributed by atoms with van der Waals surface area (Å²) in [5.41, 5.74) is 1.45. The lowest BCUT2D eigenvalue weighted by Gasteiger charge is -2.07. The maximum atomic E-state index is 12.8. The smallest absolute Gasteiger partial charge is 0.241 e. The van der Waals surface area contributed by atoms with Crippen molar-refractivity contribution in [1.82, 2.24) is 3.97 Å². The molecule has 3 aromatic rings. The summed E-state index contributed by atoms with van der Waals surface area (Å²) in [4.78, 5) is 0.263. The topological polar surface area (TPSA) is 39.1 Å². The summed E-state index contributed by atoms with van der Waals surface area (Å²) >= 11 is 6.18. The fourth-order valence-corrected chi connectivity index (χ4v) is 3.97. The molecule has 0 saturated heterocycles. The first-order valence-corrected chi connectivity index (χ1v) is 8.44. The van der Waals surface area contributed by atoms with Crippen molar-refractivity contribution in [2.45, 2.75) is 17.2 Å². The summed E-state index contributed by atoms with van der Waals surface area (Å²) in [6.07, 6.45) is 1.62.